The molecular formula is C19H20N2O4. The second-order valence-electron chi connectivity index (χ2n) is 5.83. The molecule has 130 valence electrons. The molecule has 1 N–H and O–H groups in total. The monoisotopic (exact) mass is 340 g/mol. The molecule has 1 atom stereocenters. The van der Waals surface area contributed by atoms with E-state index in [1.54, 1.807) is 25.2 Å². The summed E-state index contributed by atoms with van der Waals surface area (Å²) in [4.78, 5) is 26.1. The highest BCUT2D eigenvalue weighted by Crippen LogP contribution is 2.39. The highest BCUT2D eigenvalue weighted by atomic mass is 16.5. The van der Waals surface area contributed by atoms with Gasteiger partial charge in [0.2, 0.25) is 5.91 Å². The van der Waals surface area contributed by atoms with Gasteiger partial charge in [-0.05, 0) is 35.9 Å². The molecule has 1 heterocycles. The normalized spacial score (nSPS) is 15.7. The molecule has 0 aliphatic carbocycles. The maximum Gasteiger partial charge on any atom is 0.254 e. The van der Waals surface area contributed by atoms with Gasteiger partial charge in [-0.2, -0.15) is 0 Å². The van der Waals surface area contributed by atoms with Crippen molar-refractivity contribution >= 4 is 17.5 Å². The maximum absolute atomic E-state index is 12.9. The smallest absolute Gasteiger partial charge is 0.254 e. The van der Waals surface area contributed by atoms with Crippen LogP contribution in [0.3, 0.4) is 0 Å². The molecule has 2 aromatic rings. The van der Waals surface area contributed by atoms with Gasteiger partial charge in [-0.1, -0.05) is 12.1 Å². The Morgan fingerprint density at radius 1 is 1.08 bits per heavy atom. The number of hydrogen-bond donors (Lipinski definition) is 1. The first kappa shape index (κ1) is 16.8. The van der Waals surface area contributed by atoms with E-state index in [4.69, 9.17) is 9.47 Å². The zero-order chi connectivity index (χ0) is 18.0. The van der Waals surface area contributed by atoms with Crippen LogP contribution in [0.5, 0.6) is 11.5 Å². The molecule has 3 rings (SSSR count). The van der Waals surface area contributed by atoms with Crippen LogP contribution in [0, 0.1) is 0 Å². The molecule has 0 saturated heterocycles. The predicted molar refractivity (Wildman–Crippen MR) is 93.7 cm³/mol. The molecule has 0 bridgehead atoms. The molecule has 0 unspecified atom stereocenters. The molecule has 0 radical (unpaired) electrons. The topological polar surface area (TPSA) is 67.9 Å². The lowest BCUT2D eigenvalue weighted by Crippen LogP contribution is -2.36. The zero-order valence-electron chi connectivity index (χ0n) is 14.4. The van der Waals surface area contributed by atoms with Gasteiger partial charge in [0.15, 0.2) is 0 Å². The Balaban J connectivity index is 1.94. The van der Waals surface area contributed by atoms with Crippen LogP contribution >= 0.6 is 0 Å². The number of nitrogens with zero attached hydrogens (tertiary/aromatic N) is 1. The number of carbonyl (C=O) groups excluding carboxylic acids is 2. The zero-order valence-corrected chi connectivity index (χ0v) is 14.4. The molecule has 1 aliphatic rings. The fraction of sp³-hybridized carbons (Fsp3) is 0.263. The number of anilines is 1. The number of nitrogens with one attached hydrogen (secondary N) is 1. The van der Waals surface area contributed by atoms with Gasteiger partial charge in [0.05, 0.1) is 26.5 Å². The number of amides is 2. The van der Waals surface area contributed by atoms with E-state index < -0.39 is 6.04 Å². The molecule has 0 aromatic heterocycles. The summed E-state index contributed by atoms with van der Waals surface area (Å²) < 4.78 is 10.4. The maximum atomic E-state index is 12.9. The highest BCUT2D eigenvalue weighted by Gasteiger charge is 2.38. The molecule has 6 nitrogen and oxygen atoms in total. The van der Waals surface area contributed by atoms with E-state index in [1.807, 2.05) is 36.4 Å². The number of methoxy groups -OCH3 is 2. The Hall–Kier alpha value is -3.02. The van der Waals surface area contributed by atoms with Crippen molar-refractivity contribution in [1.29, 1.82) is 0 Å². The summed E-state index contributed by atoms with van der Waals surface area (Å²) in [7, 11) is 3.18. The minimum Gasteiger partial charge on any atom is -0.497 e. The lowest BCUT2D eigenvalue weighted by molar-refractivity contribution is -0.126. The third-order valence-electron chi connectivity index (χ3n) is 4.20. The van der Waals surface area contributed by atoms with Gasteiger partial charge >= 0.3 is 0 Å². The van der Waals surface area contributed by atoms with E-state index in [2.05, 4.69) is 5.32 Å². The fourth-order valence-electron chi connectivity index (χ4n) is 2.96. The van der Waals surface area contributed by atoms with Gasteiger partial charge in [-0.25, -0.2) is 0 Å². The Kier molecular flexibility index (Phi) is 4.61. The molecule has 2 aromatic carbocycles. The van der Waals surface area contributed by atoms with E-state index in [-0.39, 0.29) is 11.8 Å². The van der Waals surface area contributed by atoms with Gasteiger partial charge in [0.25, 0.3) is 5.91 Å². The molecule has 0 saturated carbocycles. The summed E-state index contributed by atoms with van der Waals surface area (Å²) in [5.74, 6) is 0.999. The summed E-state index contributed by atoms with van der Waals surface area (Å²) in [5, 5.41) is 2.73. The van der Waals surface area contributed by atoms with Gasteiger partial charge in [-0.3, -0.25) is 9.59 Å². The minimum atomic E-state index is -0.694. The molecule has 0 spiro atoms. The first-order valence-corrected chi connectivity index (χ1v) is 7.93. The molecule has 25 heavy (non-hydrogen) atoms. The van der Waals surface area contributed by atoms with Gasteiger partial charge in [-0.15, -0.1) is 0 Å². The Morgan fingerprint density at radius 2 is 1.72 bits per heavy atom. The predicted octanol–water partition coefficient (Wildman–Crippen LogP) is 2.43. The van der Waals surface area contributed by atoms with Crippen molar-refractivity contribution in [2.45, 2.75) is 19.5 Å². The van der Waals surface area contributed by atoms with Gasteiger partial charge in [0, 0.05) is 12.5 Å². The molecule has 1 aliphatic heterocycles. The SMILES string of the molecule is COc1ccc(CN2C(=O)[C@@H](NC(C)=O)c3cc(OC)ccc32)cc1. The van der Waals surface area contributed by atoms with Crippen molar-refractivity contribution in [3.05, 3.63) is 53.6 Å². The van der Waals surface area contributed by atoms with Crippen LogP contribution in [0.25, 0.3) is 0 Å². The van der Waals surface area contributed by atoms with Crippen LogP contribution in [-0.2, 0) is 16.1 Å². The van der Waals surface area contributed by atoms with Gasteiger partial charge in [0.1, 0.15) is 17.5 Å². The number of rotatable bonds is 5. The first-order valence-electron chi connectivity index (χ1n) is 7.93. The minimum absolute atomic E-state index is 0.158. The highest BCUT2D eigenvalue weighted by molar-refractivity contribution is 6.06. The lowest BCUT2D eigenvalue weighted by atomic mass is 10.1. The van der Waals surface area contributed by atoms with Crippen molar-refractivity contribution in [2.75, 3.05) is 19.1 Å². The third-order valence-corrected chi connectivity index (χ3v) is 4.20. The van der Waals surface area contributed by atoms with Crippen LogP contribution in [0.1, 0.15) is 24.1 Å². The summed E-state index contributed by atoms with van der Waals surface area (Å²) in [6, 6.07) is 12.3. The fourth-order valence-corrected chi connectivity index (χ4v) is 2.96. The molecule has 0 fully saturated rings. The van der Waals surface area contributed by atoms with Crippen molar-refractivity contribution in [3.8, 4) is 11.5 Å². The standard InChI is InChI=1S/C19H20N2O4/c1-12(22)20-18-16-10-15(25-3)8-9-17(16)21(19(18)23)11-13-4-6-14(24-2)7-5-13/h4-10,18H,11H2,1-3H3,(H,20,22)/t18-/m0/s1. The van der Waals surface area contributed by atoms with E-state index in [1.165, 1.54) is 6.92 Å². The second-order valence-corrected chi connectivity index (χ2v) is 5.83. The number of fused-ring (bicyclic) bond motifs is 1. The van der Waals surface area contributed by atoms with E-state index in [0.717, 1.165) is 22.6 Å². The number of ether oxygens (including phenoxy) is 2. The molecule has 6 heteroatoms. The summed E-state index contributed by atoms with van der Waals surface area (Å²) in [6.45, 7) is 1.82. The summed E-state index contributed by atoms with van der Waals surface area (Å²) in [6.07, 6.45) is 0. The van der Waals surface area contributed by atoms with Gasteiger partial charge < -0.3 is 19.7 Å². The van der Waals surface area contributed by atoms with Crippen LogP contribution in [0.4, 0.5) is 5.69 Å². The average Bonchev–Trinajstić information content (AvgIpc) is 2.87. The van der Waals surface area contributed by atoms with Crippen molar-refractivity contribution in [2.24, 2.45) is 0 Å². The van der Waals surface area contributed by atoms with Crippen LogP contribution in [0.2, 0.25) is 0 Å². The average molecular weight is 340 g/mol. The molecular weight excluding hydrogens is 320 g/mol. The number of hydrogen-bond acceptors (Lipinski definition) is 4. The number of carbonyl (C=O) groups is 2. The van der Waals surface area contributed by atoms with E-state index in [0.29, 0.717) is 12.3 Å². The van der Waals surface area contributed by atoms with Crippen LogP contribution in [-0.4, -0.2) is 26.0 Å². The van der Waals surface area contributed by atoms with Crippen LogP contribution < -0.4 is 19.7 Å². The number of benzene rings is 2. The van der Waals surface area contributed by atoms with Crippen molar-refractivity contribution < 1.29 is 19.1 Å². The van der Waals surface area contributed by atoms with Crippen LogP contribution in [0.15, 0.2) is 42.5 Å². The molecule has 2 amide bonds. The Labute approximate surface area is 146 Å². The second kappa shape index (κ2) is 6.84. The van der Waals surface area contributed by atoms with Crippen molar-refractivity contribution in [1.82, 2.24) is 5.32 Å². The largest absolute Gasteiger partial charge is 0.497 e. The van der Waals surface area contributed by atoms with E-state index >= 15 is 0 Å². The summed E-state index contributed by atoms with van der Waals surface area (Å²) in [5.41, 5.74) is 2.49. The van der Waals surface area contributed by atoms with E-state index in [9.17, 15) is 9.59 Å². The summed E-state index contributed by atoms with van der Waals surface area (Å²) >= 11 is 0. The Morgan fingerprint density at radius 3 is 2.32 bits per heavy atom. The Bertz CT molecular complexity index is 802. The first-order chi connectivity index (χ1) is 12.0. The third kappa shape index (κ3) is 3.28. The van der Waals surface area contributed by atoms with Crippen molar-refractivity contribution in [3.63, 3.8) is 0 Å². The lowest BCUT2D eigenvalue weighted by Gasteiger charge is -2.18. The quantitative estimate of drug-likeness (QED) is 0.908.